The van der Waals surface area contributed by atoms with Crippen LogP contribution in [0.4, 0.5) is 5.69 Å². The molecule has 3 aromatic heterocycles. The quantitative estimate of drug-likeness (QED) is 0.700. The van der Waals surface area contributed by atoms with Gasteiger partial charge < -0.3 is 5.32 Å². The van der Waals surface area contributed by atoms with E-state index in [1.54, 1.807) is 29.1 Å². The van der Waals surface area contributed by atoms with Crippen LogP contribution in [0.15, 0.2) is 40.7 Å². The molecular formula is C14H12N6O2S. The van der Waals surface area contributed by atoms with Crippen LogP contribution in [0.1, 0.15) is 12.5 Å². The summed E-state index contributed by atoms with van der Waals surface area (Å²) < 4.78 is 1.59. The van der Waals surface area contributed by atoms with Crippen molar-refractivity contribution in [3.63, 3.8) is 0 Å². The fraction of sp³-hybridized carbons (Fsp3) is 0.214. The van der Waals surface area contributed by atoms with Gasteiger partial charge in [0.15, 0.2) is 10.8 Å². The molecule has 1 amide bonds. The molecule has 1 aliphatic rings. The van der Waals surface area contributed by atoms with Crippen molar-refractivity contribution in [2.24, 2.45) is 0 Å². The minimum Gasteiger partial charge on any atom is -0.325 e. The summed E-state index contributed by atoms with van der Waals surface area (Å²) in [7, 11) is 0. The van der Waals surface area contributed by atoms with E-state index in [0.29, 0.717) is 27.6 Å². The third-order valence-corrected chi connectivity index (χ3v) is 4.72. The van der Waals surface area contributed by atoms with Crippen LogP contribution in [0.2, 0.25) is 0 Å². The van der Waals surface area contributed by atoms with Gasteiger partial charge in [-0.2, -0.15) is 5.10 Å². The summed E-state index contributed by atoms with van der Waals surface area (Å²) in [6, 6.07) is 3.30. The smallest absolute Gasteiger partial charge is 0.265 e. The summed E-state index contributed by atoms with van der Waals surface area (Å²) in [5, 5.41) is 10.4. The fourth-order valence-corrected chi connectivity index (χ4v) is 3.70. The van der Waals surface area contributed by atoms with E-state index in [4.69, 9.17) is 0 Å². The molecule has 0 saturated carbocycles. The van der Waals surface area contributed by atoms with E-state index < -0.39 is 0 Å². The molecular weight excluding hydrogens is 316 g/mol. The first-order chi connectivity index (χ1) is 11.2. The van der Waals surface area contributed by atoms with Crippen molar-refractivity contribution in [1.29, 1.82) is 0 Å². The number of H-pyrrole nitrogens is 1. The monoisotopic (exact) mass is 328 g/mol. The molecule has 0 aromatic carbocycles. The van der Waals surface area contributed by atoms with E-state index in [0.717, 1.165) is 0 Å². The van der Waals surface area contributed by atoms with Gasteiger partial charge >= 0.3 is 0 Å². The van der Waals surface area contributed by atoms with Crippen LogP contribution < -0.4 is 10.9 Å². The molecule has 1 unspecified atom stereocenters. The Morgan fingerprint density at radius 3 is 3.22 bits per heavy atom. The van der Waals surface area contributed by atoms with Crippen LogP contribution in [-0.4, -0.2) is 36.4 Å². The standard InChI is InChI=1S/C14H12N6O2S/c21-11(17-8-2-1-3-15-5-8)4-9-7-23-14-18-12-10(6-16-19-12)13(22)20(9)14/h1-3,5-6,9H,4,7H2,(H,16,19)(H,17,21). The summed E-state index contributed by atoms with van der Waals surface area (Å²) in [5.41, 5.74) is 0.955. The molecule has 0 bridgehead atoms. The van der Waals surface area contributed by atoms with Crippen molar-refractivity contribution in [2.45, 2.75) is 17.6 Å². The van der Waals surface area contributed by atoms with Gasteiger partial charge in [-0.3, -0.25) is 24.2 Å². The van der Waals surface area contributed by atoms with Gasteiger partial charge in [0.2, 0.25) is 5.91 Å². The lowest BCUT2D eigenvalue weighted by Crippen LogP contribution is -2.27. The van der Waals surface area contributed by atoms with Crippen LogP contribution in [0, 0.1) is 0 Å². The van der Waals surface area contributed by atoms with E-state index in [9.17, 15) is 9.59 Å². The second kappa shape index (κ2) is 5.51. The van der Waals surface area contributed by atoms with Gasteiger partial charge in [0.1, 0.15) is 5.39 Å². The predicted molar refractivity (Wildman–Crippen MR) is 85.4 cm³/mol. The number of nitrogens with zero attached hydrogens (tertiary/aromatic N) is 4. The molecule has 23 heavy (non-hydrogen) atoms. The Balaban J connectivity index is 1.59. The van der Waals surface area contributed by atoms with Gasteiger partial charge in [0, 0.05) is 18.4 Å². The number of thioether (sulfide) groups is 1. The molecule has 8 nitrogen and oxygen atoms in total. The van der Waals surface area contributed by atoms with Crippen LogP contribution in [0.3, 0.4) is 0 Å². The Hall–Kier alpha value is -2.68. The maximum Gasteiger partial charge on any atom is 0.265 e. The first-order valence-corrected chi connectivity index (χ1v) is 7.99. The Bertz CT molecular complexity index is 935. The third kappa shape index (κ3) is 2.48. The van der Waals surface area contributed by atoms with E-state index in [1.165, 1.54) is 18.0 Å². The number of anilines is 1. The number of hydrogen-bond acceptors (Lipinski definition) is 6. The maximum absolute atomic E-state index is 12.5. The number of aromatic nitrogens is 5. The largest absolute Gasteiger partial charge is 0.325 e. The minimum atomic E-state index is -0.217. The van der Waals surface area contributed by atoms with Crippen molar-refractivity contribution < 1.29 is 4.79 Å². The first-order valence-electron chi connectivity index (χ1n) is 7.00. The fourth-order valence-electron chi connectivity index (χ4n) is 2.57. The molecule has 0 aliphatic carbocycles. The number of hydrogen-bond donors (Lipinski definition) is 2. The summed E-state index contributed by atoms with van der Waals surface area (Å²) in [5.74, 6) is 0.485. The Labute approximate surface area is 134 Å². The van der Waals surface area contributed by atoms with Crippen molar-refractivity contribution in [1.82, 2.24) is 24.7 Å². The summed E-state index contributed by atoms with van der Waals surface area (Å²) in [6.07, 6.45) is 4.90. The molecule has 0 fully saturated rings. The van der Waals surface area contributed by atoms with Crippen molar-refractivity contribution in [2.75, 3.05) is 11.1 Å². The molecule has 3 aromatic rings. The first kappa shape index (κ1) is 13.9. The number of fused-ring (bicyclic) bond motifs is 2. The number of rotatable bonds is 3. The van der Waals surface area contributed by atoms with Gasteiger partial charge in [0.25, 0.3) is 5.56 Å². The number of aromatic amines is 1. The van der Waals surface area contributed by atoms with Gasteiger partial charge in [-0.05, 0) is 12.1 Å². The lowest BCUT2D eigenvalue weighted by molar-refractivity contribution is -0.116. The molecule has 0 saturated heterocycles. The Morgan fingerprint density at radius 2 is 2.39 bits per heavy atom. The zero-order chi connectivity index (χ0) is 15.8. The van der Waals surface area contributed by atoms with Gasteiger partial charge in [-0.15, -0.1) is 0 Å². The topological polar surface area (TPSA) is 106 Å². The van der Waals surface area contributed by atoms with Crippen molar-refractivity contribution in [3.8, 4) is 0 Å². The average molecular weight is 328 g/mol. The van der Waals surface area contributed by atoms with E-state index >= 15 is 0 Å². The highest BCUT2D eigenvalue weighted by molar-refractivity contribution is 7.99. The van der Waals surface area contributed by atoms with E-state index in [1.807, 2.05) is 0 Å². The highest BCUT2D eigenvalue weighted by Gasteiger charge is 2.28. The summed E-state index contributed by atoms with van der Waals surface area (Å²) in [6.45, 7) is 0. The highest BCUT2D eigenvalue weighted by atomic mass is 32.2. The van der Waals surface area contributed by atoms with Gasteiger partial charge in [0.05, 0.1) is 24.1 Å². The van der Waals surface area contributed by atoms with Crippen LogP contribution >= 0.6 is 11.8 Å². The molecule has 0 spiro atoms. The number of nitrogens with one attached hydrogen (secondary N) is 2. The molecule has 116 valence electrons. The second-order valence-electron chi connectivity index (χ2n) is 5.16. The van der Waals surface area contributed by atoms with Gasteiger partial charge in [-0.1, -0.05) is 11.8 Å². The van der Waals surface area contributed by atoms with Gasteiger partial charge in [-0.25, -0.2) is 4.98 Å². The zero-order valence-electron chi connectivity index (χ0n) is 11.9. The van der Waals surface area contributed by atoms with E-state index in [-0.39, 0.29) is 23.9 Å². The molecule has 9 heteroatoms. The predicted octanol–water partition coefficient (Wildman–Crippen LogP) is 1.19. The summed E-state index contributed by atoms with van der Waals surface area (Å²) in [4.78, 5) is 33.1. The minimum absolute atomic E-state index is 0.157. The molecule has 0 radical (unpaired) electrons. The third-order valence-electron chi connectivity index (χ3n) is 3.62. The lowest BCUT2D eigenvalue weighted by atomic mass is 10.2. The number of pyridine rings is 1. The van der Waals surface area contributed by atoms with Crippen LogP contribution in [0.25, 0.3) is 11.0 Å². The van der Waals surface area contributed by atoms with E-state index in [2.05, 4.69) is 25.5 Å². The number of carbonyl (C=O) groups is 1. The van der Waals surface area contributed by atoms with Crippen LogP contribution in [0.5, 0.6) is 0 Å². The average Bonchev–Trinajstić information content (AvgIpc) is 3.16. The summed E-state index contributed by atoms with van der Waals surface area (Å²) >= 11 is 1.47. The Morgan fingerprint density at radius 1 is 1.48 bits per heavy atom. The Kier molecular flexibility index (Phi) is 3.34. The molecule has 4 heterocycles. The number of carbonyl (C=O) groups excluding carboxylic acids is 1. The van der Waals surface area contributed by atoms with Crippen LogP contribution in [-0.2, 0) is 4.79 Å². The second-order valence-corrected chi connectivity index (χ2v) is 6.15. The normalized spacial score (nSPS) is 16.4. The molecule has 4 rings (SSSR count). The molecule has 1 aliphatic heterocycles. The highest BCUT2D eigenvalue weighted by Crippen LogP contribution is 2.32. The molecule has 2 N–H and O–H groups in total. The molecule has 1 atom stereocenters. The zero-order valence-corrected chi connectivity index (χ0v) is 12.7. The lowest BCUT2D eigenvalue weighted by Gasteiger charge is -2.13. The van der Waals surface area contributed by atoms with Crippen molar-refractivity contribution in [3.05, 3.63) is 41.1 Å². The number of amides is 1. The maximum atomic E-state index is 12.5. The SMILES string of the molecule is O=C(CC1CSc2nc3[nH]ncc3c(=O)n21)Nc1cccnc1. The van der Waals surface area contributed by atoms with Crippen molar-refractivity contribution >= 4 is 34.4 Å².